The van der Waals surface area contributed by atoms with Crippen LogP contribution in [0.2, 0.25) is 0 Å². The summed E-state index contributed by atoms with van der Waals surface area (Å²) in [6.45, 7) is 6.02. The zero-order valence-corrected chi connectivity index (χ0v) is 18.3. The smallest absolute Gasteiger partial charge is 0.407 e. The standard InChI is InChI=1S/C21H24FN5O3S/c1-21(2,3)30-20(29)24-11-6-10-23-19(28)17-25-18(16-9-5-12-31-16)27(26-17)15-8-4-7-14(22)13-15/h4-5,7-9,12-13H,6,10-11H2,1-3H3,(H,23,28)(H,24,29). The van der Waals surface area contributed by atoms with Gasteiger partial charge in [-0.25, -0.2) is 18.9 Å². The van der Waals surface area contributed by atoms with E-state index < -0.39 is 23.4 Å². The first kappa shape index (κ1) is 22.4. The number of aromatic nitrogens is 3. The third-order valence-electron chi connectivity index (χ3n) is 3.91. The second-order valence-electron chi connectivity index (χ2n) is 7.67. The minimum Gasteiger partial charge on any atom is -0.444 e. The highest BCUT2D eigenvalue weighted by atomic mass is 32.1. The number of hydrogen-bond donors (Lipinski definition) is 2. The molecule has 2 N–H and O–H groups in total. The van der Waals surface area contributed by atoms with E-state index in [1.165, 1.54) is 28.2 Å². The maximum Gasteiger partial charge on any atom is 0.407 e. The van der Waals surface area contributed by atoms with Crippen LogP contribution in [0.25, 0.3) is 16.4 Å². The quantitative estimate of drug-likeness (QED) is 0.540. The van der Waals surface area contributed by atoms with Gasteiger partial charge in [-0.2, -0.15) is 0 Å². The van der Waals surface area contributed by atoms with Crippen molar-refractivity contribution < 1.29 is 18.7 Å². The first-order chi connectivity index (χ1) is 14.7. The molecule has 2 aromatic heterocycles. The number of benzene rings is 1. The molecule has 1 aromatic carbocycles. The monoisotopic (exact) mass is 445 g/mol. The van der Waals surface area contributed by atoms with Crippen LogP contribution >= 0.6 is 11.3 Å². The van der Waals surface area contributed by atoms with E-state index in [-0.39, 0.29) is 5.82 Å². The van der Waals surface area contributed by atoms with Gasteiger partial charge in [0.05, 0.1) is 10.6 Å². The number of halogens is 1. The van der Waals surface area contributed by atoms with Crippen molar-refractivity contribution in [2.75, 3.05) is 13.1 Å². The molecule has 10 heteroatoms. The zero-order chi connectivity index (χ0) is 22.4. The SMILES string of the molecule is CC(C)(C)OC(=O)NCCCNC(=O)c1nc(-c2cccs2)n(-c2cccc(F)c2)n1. The minimum absolute atomic E-state index is 0.0206. The number of nitrogens with one attached hydrogen (secondary N) is 2. The number of hydrogen-bond acceptors (Lipinski definition) is 6. The second-order valence-corrected chi connectivity index (χ2v) is 8.61. The molecule has 0 radical (unpaired) electrons. The van der Waals surface area contributed by atoms with E-state index in [1.54, 1.807) is 32.9 Å². The van der Waals surface area contributed by atoms with Gasteiger partial charge < -0.3 is 15.4 Å². The molecular weight excluding hydrogens is 421 g/mol. The summed E-state index contributed by atoms with van der Waals surface area (Å²) in [7, 11) is 0. The molecule has 0 fully saturated rings. The molecule has 0 aliphatic rings. The van der Waals surface area contributed by atoms with Crippen LogP contribution in [0.3, 0.4) is 0 Å². The summed E-state index contributed by atoms with van der Waals surface area (Å²) in [5.74, 6) is -0.427. The number of thiophene rings is 1. The molecule has 0 saturated carbocycles. The van der Waals surface area contributed by atoms with Crippen LogP contribution in [0.4, 0.5) is 9.18 Å². The lowest BCUT2D eigenvalue weighted by molar-refractivity contribution is 0.0527. The Bertz CT molecular complexity index is 1040. The fourth-order valence-electron chi connectivity index (χ4n) is 2.64. The summed E-state index contributed by atoms with van der Waals surface area (Å²) in [5, 5.41) is 11.5. The molecule has 0 unspecified atom stereocenters. The van der Waals surface area contributed by atoms with E-state index in [9.17, 15) is 14.0 Å². The van der Waals surface area contributed by atoms with Crippen molar-refractivity contribution in [2.24, 2.45) is 0 Å². The van der Waals surface area contributed by atoms with Crippen molar-refractivity contribution in [2.45, 2.75) is 32.8 Å². The topological polar surface area (TPSA) is 98.1 Å². The lowest BCUT2D eigenvalue weighted by Crippen LogP contribution is -2.34. The average molecular weight is 446 g/mol. The largest absolute Gasteiger partial charge is 0.444 e. The molecule has 3 aromatic rings. The third kappa shape index (κ3) is 6.35. The van der Waals surface area contributed by atoms with E-state index in [0.29, 0.717) is 31.0 Å². The Kier molecular flexibility index (Phi) is 7.01. The molecule has 0 aliphatic carbocycles. The van der Waals surface area contributed by atoms with Crippen LogP contribution < -0.4 is 10.6 Å². The molecule has 3 rings (SSSR count). The Morgan fingerprint density at radius 1 is 1.16 bits per heavy atom. The molecule has 0 spiro atoms. The summed E-state index contributed by atoms with van der Waals surface area (Å²) in [6, 6.07) is 9.65. The van der Waals surface area contributed by atoms with E-state index in [0.717, 1.165) is 4.88 Å². The first-order valence-electron chi connectivity index (χ1n) is 9.75. The first-order valence-corrected chi connectivity index (χ1v) is 10.6. The Morgan fingerprint density at radius 2 is 1.94 bits per heavy atom. The van der Waals surface area contributed by atoms with Crippen molar-refractivity contribution in [3.63, 3.8) is 0 Å². The summed E-state index contributed by atoms with van der Waals surface area (Å²) < 4.78 is 20.3. The molecular formula is C21H24FN5O3S. The van der Waals surface area contributed by atoms with Crippen LogP contribution in [0.1, 0.15) is 37.8 Å². The highest BCUT2D eigenvalue weighted by molar-refractivity contribution is 7.13. The van der Waals surface area contributed by atoms with Crippen LogP contribution in [-0.4, -0.2) is 45.5 Å². The Hall–Kier alpha value is -3.27. The lowest BCUT2D eigenvalue weighted by atomic mass is 10.2. The van der Waals surface area contributed by atoms with Gasteiger partial charge in [0.2, 0.25) is 5.82 Å². The Morgan fingerprint density at radius 3 is 2.61 bits per heavy atom. The van der Waals surface area contributed by atoms with Crippen LogP contribution in [0.15, 0.2) is 41.8 Å². The van der Waals surface area contributed by atoms with Gasteiger partial charge in [0, 0.05) is 13.1 Å². The lowest BCUT2D eigenvalue weighted by Gasteiger charge is -2.19. The average Bonchev–Trinajstić information content (AvgIpc) is 3.36. The molecule has 31 heavy (non-hydrogen) atoms. The third-order valence-corrected chi connectivity index (χ3v) is 4.78. The summed E-state index contributed by atoms with van der Waals surface area (Å²) in [5.41, 5.74) is -0.0958. The minimum atomic E-state index is -0.565. The number of carbonyl (C=O) groups is 2. The number of carbonyl (C=O) groups excluding carboxylic acids is 2. The molecule has 164 valence electrons. The van der Waals surface area contributed by atoms with Crippen LogP contribution in [0, 0.1) is 5.82 Å². The number of amides is 2. The van der Waals surface area contributed by atoms with Crippen molar-refractivity contribution in [3.8, 4) is 16.4 Å². The van der Waals surface area contributed by atoms with Gasteiger partial charge in [-0.3, -0.25) is 4.79 Å². The van der Waals surface area contributed by atoms with E-state index in [4.69, 9.17) is 4.74 Å². The van der Waals surface area contributed by atoms with Crippen molar-refractivity contribution >= 4 is 23.3 Å². The van der Waals surface area contributed by atoms with Gasteiger partial charge in [0.1, 0.15) is 11.4 Å². The molecule has 0 bridgehead atoms. The zero-order valence-electron chi connectivity index (χ0n) is 17.5. The maximum atomic E-state index is 13.7. The molecule has 0 aliphatic heterocycles. The summed E-state index contributed by atoms with van der Waals surface area (Å²) in [4.78, 5) is 29.3. The highest BCUT2D eigenvalue weighted by Gasteiger charge is 2.19. The molecule has 0 atom stereocenters. The fourth-order valence-corrected chi connectivity index (χ4v) is 3.33. The van der Waals surface area contributed by atoms with Crippen molar-refractivity contribution in [1.29, 1.82) is 0 Å². The number of ether oxygens (including phenoxy) is 1. The Labute approximate surface area is 183 Å². The Balaban J connectivity index is 1.63. The predicted octanol–water partition coefficient (Wildman–Crippen LogP) is 3.78. The number of rotatable bonds is 7. The van der Waals surface area contributed by atoms with Crippen molar-refractivity contribution in [3.05, 3.63) is 53.4 Å². The highest BCUT2D eigenvalue weighted by Crippen LogP contribution is 2.25. The normalized spacial score (nSPS) is 11.2. The van der Waals surface area contributed by atoms with Gasteiger partial charge in [-0.1, -0.05) is 12.1 Å². The molecule has 2 amide bonds. The van der Waals surface area contributed by atoms with Crippen LogP contribution in [0.5, 0.6) is 0 Å². The number of alkyl carbamates (subject to hydrolysis) is 1. The number of nitrogens with zero attached hydrogens (tertiary/aromatic N) is 3. The van der Waals surface area contributed by atoms with Gasteiger partial charge in [0.25, 0.3) is 5.91 Å². The van der Waals surface area contributed by atoms with Gasteiger partial charge in [-0.05, 0) is 56.8 Å². The maximum absolute atomic E-state index is 13.7. The molecule has 0 saturated heterocycles. The predicted molar refractivity (Wildman–Crippen MR) is 116 cm³/mol. The fraction of sp³-hybridized carbons (Fsp3) is 0.333. The second kappa shape index (κ2) is 9.69. The van der Waals surface area contributed by atoms with Crippen molar-refractivity contribution in [1.82, 2.24) is 25.4 Å². The van der Waals surface area contributed by atoms with Gasteiger partial charge in [0.15, 0.2) is 5.82 Å². The van der Waals surface area contributed by atoms with Gasteiger partial charge >= 0.3 is 6.09 Å². The van der Waals surface area contributed by atoms with E-state index in [2.05, 4.69) is 20.7 Å². The van der Waals surface area contributed by atoms with Crippen LogP contribution in [-0.2, 0) is 4.74 Å². The van der Waals surface area contributed by atoms with Gasteiger partial charge in [-0.15, -0.1) is 16.4 Å². The summed E-state index contributed by atoms with van der Waals surface area (Å²) in [6.07, 6.45) is 0.00261. The molecule has 8 nitrogen and oxygen atoms in total. The molecule has 2 heterocycles. The van der Waals surface area contributed by atoms with E-state index in [1.807, 2.05) is 17.5 Å². The summed E-state index contributed by atoms with van der Waals surface area (Å²) >= 11 is 1.44. The van der Waals surface area contributed by atoms with E-state index >= 15 is 0 Å².